The number of methoxy groups -OCH3 is 2. The molecule has 0 amide bonds. The van der Waals surface area contributed by atoms with Crippen molar-refractivity contribution >= 4 is 0 Å². The second-order valence-corrected chi connectivity index (χ2v) is 4.18. The maximum absolute atomic E-state index is 5.76. The van der Waals surface area contributed by atoms with Gasteiger partial charge < -0.3 is 23.9 Å². The van der Waals surface area contributed by atoms with Crippen molar-refractivity contribution in [3.8, 4) is 17.2 Å². The van der Waals surface area contributed by atoms with Crippen molar-refractivity contribution in [1.29, 1.82) is 0 Å². The molecule has 0 aliphatic carbocycles. The Morgan fingerprint density at radius 3 is 2.25 bits per heavy atom. The minimum absolute atomic E-state index is 0.320. The molecule has 0 saturated carbocycles. The SMILES string of the molecule is CNCc1ccc(COc2c(OC)cccc2OC)o1. The Morgan fingerprint density at radius 1 is 1.00 bits per heavy atom. The lowest BCUT2D eigenvalue weighted by Gasteiger charge is -2.13. The first-order chi connectivity index (χ1) is 9.78. The molecule has 108 valence electrons. The van der Waals surface area contributed by atoms with Crippen molar-refractivity contribution in [3.05, 3.63) is 41.9 Å². The van der Waals surface area contributed by atoms with Crippen LogP contribution in [0.15, 0.2) is 34.7 Å². The highest BCUT2D eigenvalue weighted by molar-refractivity contribution is 5.51. The molecule has 5 nitrogen and oxygen atoms in total. The third-order valence-electron chi connectivity index (χ3n) is 2.81. The van der Waals surface area contributed by atoms with Gasteiger partial charge in [0.1, 0.15) is 18.1 Å². The number of nitrogens with one attached hydrogen (secondary N) is 1. The second-order valence-electron chi connectivity index (χ2n) is 4.18. The number of hydrogen-bond acceptors (Lipinski definition) is 5. The van der Waals surface area contributed by atoms with E-state index in [1.807, 2.05) is 37.4 Å². The standard InChI is InChI=1S/C15H19NO4/c1-16-9-11-7-8-12(20-11)10-19-15-13(17-2)5-4-6-14(15)18-3/h4-8,16H,9-10H2,1-3H3. The number of ether oxygens (including phenoxy) is 3. The Hall–Kier alpha value is -2.14. The third-order valence-corrected chi connectivity index (χ3v) is 2.81. The number of para-hydroxylation sites is 1. The van der Waals surface area contributed by atoms with Gasteiger partial charge >= 0.3 is 0 Å². The fourth-order valence-corrected chi connectivity index (χ4v) is 1.87. The summed E-state index contributed by atoms with van der Waals surface area (Å²) in [5, 5.41) is 3.03. The molecule has 0 aliphatic heterocycles. The van der Waals surface area contributed by atoms with Gasteiger partial charge in [0.05, 0.1) is 20.8 Å². The van der Waals surface area contributed by atoms with Gasteiger partial charge in [-0.1, -0.05) is 6.07 Å². The van der Waals surface area contributed by atoms with E-state index >= 15 is 0 Å². The zero-order valence-corrected chi connectivity index (χ0v) is 11.9. The van der Waals surface area contributed by atoms with Crippen molar-refractivity contribution in [2.24, 2.45) is 0 Å². The van der Waals surface area contributed by atoms with Crippen LogP contribution in [0.1, 0.15) is 11.5 Å². The summed E-state index contributed by atoms with van der Waals surface area (Å²) < 4.78 is 21.9. The van der Waals surface area contributed by atoms with Crippen LogP contribution in [0.4, 0.5) is 0 Å². The lowest BCUT2D eigenvalue weighted by atomic mass is 10.3. The molecule has 2 rings (SSSR count). The quantitative estimate of drug-likeness (QED) is 0.843. The molecule has 20 heavy (non-hydrogen) atoms. The fraction of sp³-hybridized carbons (Fsp3) is 0.333. The average molecular weight is 277 g/mol. The molecule has 1 heterocycles. The molecular weight excluding hydrogens is 258 g/mol. The van der Waals surface area contributed by atoms with Crippen LogP contribution in [0.3, 0.4) is 0 Å². The van der Waals surface area contributed by atoms with E-state index in [0.29, 0.717) is 30.4 Å². The Balaban J connectivity index is 2.09. The van der Waals surface area contributed by atoms with E-state index in [9.17, 15) is 0 Å². The van der Waals surface area contributed by atoms with Gasteiger partial charge in [-0.3, -0.25) is 0 Å². The van der Waals surface area contributed by atoms with Crippen LogP contribution in [-0.4, -0.2) is 21.3 Å². The second kappa shape index (κ2) is 6.86. The summed E-state index contributed by atoms with van der Waals surface area (Å²) in [6.07, 6.45) is 0. The molecule has 0 fully saturated rings. The first kappa shape index (κ1) is 14.3. The predicted octanol–water partition coefficient (Wildman–Crippen LogP) is 2.60. The van der Waals surface area contributed by atoms with Crippen molar-refractivity contribution in [3.63, 3.8) is 0 Å². The van der Waals surface area contributed by atoms with Crippen LogP contribution < -0.4 is 19.5 Å². The summed E-state index contributed by atoms with van der Waals surface area (Å²) in [6, 6.07) is 9.32. The molecule has 0 saturated heterocycles. The van der Waals surface area contributed by atoms with Crippen molar-refractivity contribution in [2.75, 3.05) is 21.3 Å². The van der Waals surface area contributed by atoms with Gasteiger partial charge in [-0.25, -0.2) is 0 Å². The van der Waals surface area contributed by atoms with Gasteiger partial charge in [-0.2, -0.15) is 0 Å². The van der Waals surface area contributed by atoms with Crippen molar-refractivity contribution < 1.29 is 18.6 Å². The molecule has 1 N–H and O–H groups in total. The van der Waals surface area contributed by atoms with Crippen LogP contribution in [0, 0.1) is 0 Å². The third kappa shape index (κ3) is 3.24. The summed E-state index contributed by atoms with van der Waals surface area (Å²) in [5.74, 6) is 3.46. The molecule has 1 aromatic heterocycles. The van der Waals surface area contributed by atoms with Crippen molar-refractivity contribution in [2.45, 2.75) is 13.2 Å². The summed E-state index contributed by atoms with van der Waals surface area (Å²) in [5.41, 5.74) is 0. The molecule has 0 aliphatic rings. The van der Waals surface area contributed by atoms with Gasteiger partial charge in [0.2, 0.25) is 5.75 Å². The van der Waals surface area contributed by atoms with Gasteiger partial charge in [0, 0.05) is 0 Å². The summed E-state index contributed by atoms with van der Waals surface area (Å²) in [4.78, 5) is 0. The smallest absolute Gasteiger partial charge is 0.203 e. The van der Waals surface area contributed by atoms with E-state index in [2.05, 4.69) is 5.32 Å². The van der Waals surface area contributed by atoms with Gasteiger partial charge in [-0.15, -0.1) is 0 Å². The monoisotopic (exact) mass is 277 g/mol. The Labute approximate surface area is 118 Å². The molecule has 0 unspecified atom stereocenters. The van der Waals surface area contributed by atoms with E-state index in [1.54, 1.807) is 14.2 Å². The van der Waals surface area contributed by atoms with E-state index < -0.39 is 0 Å². The van der Waals surface area contributed by atoms with Crippen LogP contribution in [0.25, 0.3) is 0 Å². The predicted molar refractivity (Wildman–Crippen MR) is 75.3 cm³/mol. The minimum atomic E-state index is 0.320. The zero-order valence-electron chi connectivity index (χ0n) is 11.9. The van der Waals surface area contributed by atoms with Crippen LogP contribution in [-0.2, 0) is 13.2 Å². The zero-order chi connectivity index (χ0) is 14.4. The normalized spacial score (nSPS) is 10.3. The Morgan fingerprint density at radius 2 is 1.65 bits per heavy atom. The largest absolute Gasteiger partial charge is 0.493 e. The Bertz CT molecular complexity index is 528. The van der Waals surface area contributed by atoms with Crippen molar-refractivity contribution in [1.82, 2.24) is 5.32 Å². The topological polar surface area (TPSA) is 52.9 Å². The first-order valence-corrected chi connectivity index (χ1v) is 6.34. The highest BCUT2D eigenvalue weighted by atomic mass is 16.5. The van der Waals surface area contributed by atoms with E-state index in [4.69, 9.17) is 18.6 Å². The first-order valence-electron chi connectivity index (χ1n) is 6.34. The molecule has 0 spiro atoms. The molecule has 1 aromatic carbocycles. The average Bonchev–Trinajstić information content (AvgIpc) is 2.92. The van der Waals surface area contributed by atoms with Crippen LogP contribution >= 0.6 is 0 Å². The number of rotatable bonds is 7. The molecular formula is C15H19NO4. The fourth-order valence-electron chi connectivity index (χ4n) is 1.87. The number of benzene rings is 1. The lowest BCUT2D eigenvalue weighted by molar-refractivity contribution is 0.239. The van der Waals surface area contributed by atoms with Crippen LogP contribution in [0.2, 0.25) is 0 Å². The van der Waals surface area contributed by atoms with E-state index in [-0.39, 0.29) is 0 Å². The Kier molecular flexibility index (Phi) is 4.90. The van der Waals surface area contributed by atoms with Crippen LogP contribution in [0.5, 0.6) is 17.2 Å². The highest BCUT2D eigenvalue weighted by Crippen LogP contribution is 2.37. The van der Waals surface area contributed by atoms with Gasteiger partial charge in [0.25, 0.3) is 0 Å². The highest BCUT2D eigenvalue weighted by Gasteiger charge is 2.12. The minimum Gasteiger partial charge on any atom is -0.493 e. The maximum Gasteiger partial charge on any atom is 0.203 e. The molecule has 5 heteroatoms. The summed E-state index contributed by atoms with van der Waals surface area (Å²) in [6.45, 7) is 1.01. The maximum atomic E-state index is 5.76. The lowest BCUT2D eigenvalue weighted by Crippen LogP contribution is -2.03. The molecule has 0 radical (unpaired) electrons. The molecule has 0 atom stereocenters. The van der Waals surface area contributed by atoms with E-state index in [1.165, 1.54) is 0 Å². The number of hydrogen-bond donors (Lipinski definition) is 1. The van der Waals surface area contributed by atoms with E-state index in [0.717, 1.165) is 11.5 Å². The summed E-state index contributed by atoms with van der Waals surface area (Å²) in [7, 11) is 5.07. The molecule has 2 aromatic rings. The van der Waals surface area contributed by atoms with Gasteiger partial charge in [-0.05, 0) is 31.3 Å². The number of furan rings is 1. The summed E-state index contributed by atoms with van der Waals surface area (Å²) >= 11 is 0. The molecule has 0 bridgehead atoms. The van der Waals surface area contributed by atoms with Gasteiger partial charge in [0.15, 0.2) is 11.5 Å².